The summed E-state index contributed by atoms with van der Waals surface area (Å²) in [5.74, 6) is 0. The zero-order chi connectivity index (χ0) is 12.6. The largest absolute Gasteiger partial charge is 0.311 e. The molecule has 3 aliphatic rings. The van der Waals surface area contributed by atoms with E-state index in [-0.39, 0.29) is 0 Å². The van der Waals surface area contributed by atoms with E-state index in [1.54, 1.807) is 0 Å². The molecule has 0 aromatic rings. The summed E-state index contributed by atoms with van der Waals surface area (Å²) in [6.45, 7) is 4.88. The highest BCUT2D eigenvalue weighted by molar-refractivity contribution is 5.03. The van der Waals surface area contributed by atoms with E-state index >= 15 is 0 Å². The minimum absolute atomic E-state index is 0.611. The summed E-state index contributed by atoms with van der Waals surface area (Å²) in [5.41, 5.74) is 1.35. The Kier molecular flexibility index (Phi) is 3.47. The van der Waals surface area contributed by atoms with E-state index in [1.165, 1.54) is 70.6 Å². The fraction of sp³-hybridized carbons (Fsp3) is 1.00. The standard InChI is InChI=1S/C17H31N/c1-16(2)11-6-14(7-12-16)18-15-8-13-17(15)9-4-3-5-10-17/h14-15,18H,3-13H2,1-2H3. The lowest BCUT2D eigenvalue weighted by Gasteiger charge is -2.54. The van der Waals surface area contributed by atoms with E-state index in [9.17, 15) is 0 Å². The second-order valence-corrected chi connectivity index (χ2v) is 8.12. The molecular formula is C17H31N. The molecule has 1 unspecified atom stereocenters. The van der Waals surface area contributed by atoms with E-state index in [4.69, 9.17) is 0 Å². The Morgan fingerprint density at radius 3 is 2.00 bits per heavy atom. The van der Waals surface area contributed by atoms with Crippen molar-refractivity contribution in [3.63, 3.8) is 0 Å². The van der Waals surface area contributed by atoms with Crippen LogP contribution in [0.25, 0.3) is 0 Å². The van der Waals surface area contributed by atoms with Gasteiger partial charge in [-0.05, 0) is 62.2 Å². The SMILES string of the molecule is CC1(C)CCC(NC2CCC23CCCCC3)CC1. The van der Waals surface area contributed by atoms with E-state index in [1.807, 2.05) is 0 Å². The monoisotopic (exact) mass is 249 g/mol. The van der Waals surface area contributed by atoms with Crippen LogP contribution in [0.15, 0.2) is 0 Å². The summed E-state index contributed by atoms with van der Waals surface area (Å²) < 4.78 is 0. The van der Waals surface area contributed by atoms with Crippen molar-refractivity contribution >= 4 is 0 Å². The van der Waals surface area contributed by atoms with Gasteiger partial charge in [0.15, 0.2) is 0 Å². The van der Waals surface area contributed by atoms with Crippen molar-refractivity contribution < 1.29 is 0 Å². The minimum Gasteiger partial charge on any atom is -0.311 e. The van der Waals surface area contributed by atoms with E-state index in [2.05, 4.69) is 19.2 Å². The van der Waals surface area contributed by atoms with Crippen LogP contribution in [-0.4, -0.2) is 12.1 Å². The molecule has 0 bridgehead atoms. The van der Waals surface area contributed by atoms with Gasteiger partial charge < -0.3 is 5.32 Å². The number of nitrogens with one attached hydrogen (secondary N) is 1. The van der Waals surface area contributed by atoms with Gasteiger partial charge in [0.25, 0.3) is 0 Å². The molecule has 18 heavy (non-hydrogen) atoms. The Morgan fingerprint density at radius 1 is 0.778 bits per heavy atom. The average molecular weight is 249 g/mol. The molecule has 0 aromatic carbocycles. The molecule has 0 aliphatic heterocycles. The van der Waals surface area contributed by atoms with Crippen LogP contribution >= 0.6 is 0 Å². The van der Waals surface area contributed by atoms with Gasteiger partial charge in [-0.15, -0.1) is 0 Å². The molecule has 0 amide bonds. The van der Waals surface area contributed by atoms with E-state index < -0.39 is 0 Å². The Labute approximate surface area is 113 Å². The molecule has 3 aliphatic carbocycles. The van der Waals surface area contributed by atoms with Gasteiger partial charge in [-0.25, -0.2) is 0 Å². The van der Waals surface area contributed by atoms with Gasteiger partial charge in [-0.3, -0.25) is 0 Å². The molecule has 1 nitrogen and oxygen atoms in total. The maximum atomic E-state index is 4.05. The summed E-state index contributed by atoms with van der Waals surface area (Å²) in [7, 11) is 0. The lowest BCUT2D eigenvalue weighted by atomic mass is 9.57. The van der Waals surface area contributed by atoms with Crippen LogP contribution in [0.2, 0.25) is 0 Å². The fourth-order valence-electron chi connectivity index (χ4n) is 4.66. The molecule has 104 valence electrons. The van der Waals surface area contributed by atoms with Gasteiger partial charge in [0, 0.05) is 12.1 Å². The van der Waals surface area contributed by atoms with Crippen molar-refractivity contribution in [2.24, 2.45) is 10.8 Å². The minimum atomic E-state index is 0.611. The zero-order valence-electron chi connectivity index (χ0n) is 12.4. The number of hydrogen-bond donors (Lipinski definition) is 1. The predicted octanol–water partition coefficient (Wildman–Crippen LogP) is 4.66. The third kappa shape index (κ3) is 2.48. The van der Waals surface area contributed by atoms with Gasteiger partial charge in [0.1, 0.15) is 0 Å². The molecule has 0 heterocycles. The number of hydrogen-bond acceptors (Lipinski definition) is 1. The Hall–Kier alpha value is -0.0400. The van der Waals surface area contributed by atoms with Crippen LogP contribution in [0.1, 0.15) is 84.5 Å². The van der Waals surface area contributed by atoms with Crippen LogP contribution < -0.4 is 5.32 Å². The second-order valence-electron chi connectivity index (χ2n) is 8.12. The third-order valence-corrected chi connectivity index (χ3v) is 6.30. The van der Waals surface area contributed by atoms with E-state index in [0.29, 0.717) is 5.41 Å². The zero-order valence-corrected chi connectivity index (χ0v) is 12.4. The Balaban J connectivity index is 1.51. The van der Waals surface area contributed by atoms with Gasteiger partial charge in [0.2, 0.25) is 0 Å². The predicted molar refractivity (Wildman–Crippen MR) is 77.7 cm³/mol. The maximum Gasteiger partial charge on any atom is 0.0126 e. The van der Waals surface area contributed by atoms with Crippen LogP contribution in [0.4, 0.5) is 0 Å². The lowest BCUT2D eigenvalue weighted by Crippen LogP contribution is -2.57. The quantitative estimate of drug-likeness (QED) is 0.750. The van der Waals surface area contributed by atoms with E-state index in [0.717, 1.165) is 17.5 Å². The van der Waals surface area contributed by atoms with Crippen molar-refractivity contribution in [1.82, 2.24) is 5.32 Å². The van der Waals surface area contributed by atoms with Gasteiger partial charge in [-0.1, -0.05) is 33.1 Å². The second kappa shape index (κ2) is 4.81. The number of rotatable bonds is 2. The topological polar surface area (TPSA) is 12.0 Å². The molecule has 1 spiro atoms. The van der Waals surface area contributed by atoms with Crippen LogP contribution in [-0.2, 0) is 0 Å². The molecule has 0 radical (unpaired) electrons. The molecule has 3 fully saturated rings. The molecule has 1 N–H and O–H groups in total. The van der Waals surface area contributed by atoms with Crippen molar-refractivity contribution in [2.75, 3.05) is 0 Å². The first kappa shape index (κ1) is 13.0. The van der Waals surface area contributed by atoms with Crippen LogP contribution in [0.5, 0.6) is 0 Å². The summed E-state index contributed by atoms with van der Waals surface area (Å²) in [6.07, 6.45) is 16.2. The summed E-state index contributed by atoms with van der Waals surface area (Å²) in [5, 5.41) is 4.05. The van der Waals surface area contributed by atoms with Crippen LogP contribution in [0.3, 0.4) is 0 Å². The molecule has 1 heteroatoms. The normalized spacial score (nSPS) is 35.3. The molecule has 1 atom stereocenters. The molecular weight excluding hydrogens is 218 g/mol. The molecule has 0 saturated heterocycles. The van der Waals surface area contributed by atoms with Crippen molar-refractivity contribution in [1.29, 1.82) is 0 Å². The highest BCUT2D eigenvalue weighted by atomic mass is 15.0. The van der Waals surface area contributed by atoms with Crippen molar-refractivity contribution in [2.45, 2.75) is 96.6 Å². The first-order valence-corrected chi connectivity index (χ1v) is 8.36. The summed E-state index contributed by atoms with van der Waals surface area (Å²) >= 11 is 0. The maximum absolute atomic E-state index is 4.05. The van der Waals surface area contributed by atoms with Gasteiger partial charge in [0.05, 0.1) is 0 Å². The summed E-state index contributed by atoms with van der Waals surface area (Å²) in [6, 6.07) is 1.71. The van der Waals surface area contributed by atoms with Crippen LogP contribution in [0, 0.1) is 10.8 Å². The summed E-state index contributed by atoms with van der Waals surface area (Å²) in [4.78, 5) is 0. The molecule has 3 saturated carbocycles. The Bertz CT molecular complexity index is 278. The smallest absolute Gasteiger partial charge is 0.0126 e. The molecule has 3 rings (SSSR count). The third-order valence-electron chi connectivity index (χ3n) is 6.30. The lowest BCUT2D eigenvalue weighted by molar-refractivity contribution is 0.0104. The highest BCUT2D eigenvalue weighted by Gasteiger charge is 2.47. The van der Waals surface area contributed by atoms with Crippen molar-refractivity contribution in [3.8, 4) is 0 Å². The highest BCUT2D eigenvalue weighted by Crippen LogP contribution is 2.52. The first-order valence-electron chi connectivity index (χ1n) is 8.36. The van der Waals surface area contributed by atoms with Crippen molar-refractivity contribution in [3.05, 3.63) is 0 Å². The fourth-order valence-corrected chi connectivity index (χ4v) is 4.66. The Morgan fingerprint density at radius 2 is 1.44 bits per heavy atom. The van der Waals surface area contributed by atoms with Gasteiger partial charge in [-0.2, -0.15) is 0 Å². The van der Waals surface area contributed by atoms with Gasteiger partial charge >= 0.3 is 0 Å². The molecule has 0 aromatic heterocycles. The average Bonchev–Trinajstić information content (AvgIpc) is 2.37. The first-order chi connectivity index (χ1) is 8.60.